The minimum atomic E-state index is -0.380. The van der Waals surface area contributed by atoms with Crippen molar-refractivity contribution in [1.29, 1.82) is 0 Å². The minimum absolute atomic E-state index is 0.272. The van der Waals surface area contributed by atoms with E-state index in [0.29, 0.717) is 0 Å². The van der Waals surface area contributed by atoms with Crippen LogP contribution in [0.5, 0.6) is 5.75 Å². The lowest BCUT2D eigenvalue weighted by atomic mass is 9.85. The SMILES string of the molecule is COc1ccc2c(c1)C(O)C(N1CCC(C(C)C)C1)CC2. The zero-order chi connectivity index (χ0) is 15.0. The number of hydrogen-bond acceptors (Lipinski definition) is 3. The first-order valence-electron chi connectivity index (χ1n) is 8.19. The molecule has 3 unspecified atom stereocenters. The summed E-state index contributed by atoms with van der Waals surface area (Å²) in [6.45, 7) is 6.89. The van der Waals surface area contributed by atoms with E-state index in [0.717, 1.165) is 49.1 Å². The van der Waals surface area contributed by atoms with Crippen molar-refractivity contribution in [1.82, 2.24) is 4.90 Å². The van der Waals surface area contributed by atoms with Crippen molar-refractivity contribution in [3.05, 3.63) is 29.3 Å². The van der Waals surface area contributed by atoms with Gasteiger partial charge in [-0.15, -0.1) is 0 Å². The highest BCUT2D eigenvalue weighted by Gasteiger charge is 2.36. The lowest BCUT2D eigenvalue weighted by molar-refractivity contribution is 0.0456. The minimum Gasteiger partial charge on any atom is -0.497 e. The highest BCUT2D eigenvalue weighted by atomic mass is 16.5. The lowest BCUT2D eigenvalue weighted by Gasteiger charge is -2.37. The summed E-state index contributed by atoms with van der Waals surface area (Å²) in [5.74, 6) is 2.36. The quantitative estimate of drug-likeness (QED) is 0.928. The number of ether oxygens (including phenoxy) is 1. The smallest absolute Gasteiger partial charge is 0.119 e. The van der Waals surface area contributed by atoms with E-state index in [2.05, 4.69) is 24.8 Å². The molecule has 1 aliphatic carbocycles. The van der Waals surface area contributed by atoms with Crippen LogP contribution in [0.3, 0.4) is 0 Å². The van der Waals surface area contributed by atoms with Crippen LogP contribution in [0.25, 0.3) is 0 Å². The number of aliphatic hydroxyl groups excluding tert-OH is 1. The van der Waals surface area contributed by atoms with Gasteiger partial charge in [0.2, 0.25) is 0 Å². The van der Waals surface area contributed by atoms with Gasteiger partial charge in [-0.3, -0.25) is 4.90 Å². The van der Waals surface area contributed by atoms with Crippen molar-refractivity contribution in [2.75, 3.05) is 20.2 Å². The molecule has 1 heterocycles. The second kappa shape index (κ2) is 5.98. The van der Waals surface area contributed by atoms with Crippen LogP contribution in [-0.2, 0) is 6.42 Å². The molecular weight excluding hydrogens is 262 g/mol. The second-order valence-electron chi connectivity index (χ2n) is 6.90. The molecule has 2 aliphatic rings. The zero-order valence-corrected chi connectivity index (χ0v) is 13.4. The lowest BCUT2D eigenvalue weighted by Crippen LogP contribution is -2.41. The van der Waals surface area contributed by atoms with Crippen molar-refractivity contribution >= 4 is 0 Å². The summed E-state index contributed by atoms with van der Waals surface area (Å²) < 4.78 is 5.31. The summed E-state index contributed by atoms with van der Waals surface area (Å²) in [6, 6.07) is 6.39. The number of likely N-dealkylation sites (tertiary alicyclic amines) is 1. The highest BCUT2D eigenvalue weighted by Crippen LogP contribution is 2.37. The molecular formula is C18H27NO2. The molecule has 116 valence electrons. The van der Waals surface area contributed by atoms with E-state index in [-0.39, 0.29) is 12.1 Å². The molecule has 1 aromatic rings. The molecule has 1 N–H and O–H groups in total. The fourth-order valence-corrected chi connectivity index (χ4v) is 3.91. The standard InChI is InChI=1S/C18H27NO2/c1-12(2)14-8-9-19(11-14)17-7-5-13-4-6-15(21-3)10-16(13)18(17)20/h4,6,10,12,14,17-18,20H,5,7-9,11H2,1-3H3. The Morgan fingerprint density at radius 3 is 2.76 bits per heavy atom. The third kappa shape index (κ3) is 2.82. The van der Waals surface area contributed by atoms with Gasteiger partial charge >= 0.3 is 0 Å². The Labute approximate surface area is 127 Å². The summed E-state index contributed by atoms with van der Waals surface area (Å²) in [5.41, 5.74) is 2.35. The van der Waals surface area contributed by atoms with Crippen molar-refractivity contribution in [2.24, 2.45) is 11.8 Å². The molecule has 1 saturated heterocycles. The fourth-order valence-electron chi connectivity index (χ4n) is 3.91. The van der Waals surface area contributed by atoms with Crippen LogP contribution in [0, 0.1) is 11.8 Å². The van der Waals surface area contributed by atoms with Gasteiger partial charge in [0.25, 0.3) is 0 Å². The van der Waals surface area contributed by atoms with Crippen molar-refractivity contribution in [2.45, 2.75) is 45.3 Å². The second-order valence-corrected chi connectivity index (χ2v) is 6.90. The highest BCUT2D eigenvalue weighted by molar-refractivity contribution is 5.39. The summed E-state index contributed by atoms with van der Waals surface area (Å²) in [6.07, 6.45) is 3.01. The molecule has 1 aliphatic heterocycles. The molecule has 0 aromatic heterocycles. The van der Waals surface area contributed by atoms with Gasteiger partial charge in [0.05, 0.1) is 13.2 Å². The first-order chi connectivity index (χ1) is 10.1. The summed E-state index contributed by atoms with van der Waals surface area (Å²) in [7, 11) is 1.68. The van der Waals surface area contributed by atoms with E-state index >= 15 is 0 Å². The van der Waals surface area contributed by atoms with Gasteiger partial charge in [0.15, 0.2) is 0 Å². The number of benzene rings is 1. The maximum Gasteiger partial charge on any atom is 0.119 e. The van der Waals surface area contributed by atoms with Crippen LogP contribution in [0.2, 0.25) is 0 Å². The number of nitrogens with zero attached hydrogens (tertiary/aromatic N) is 1. The number of hydrogen-bond donors (Lipinski definition) is 1. The average Bonchev–Trinajstić information content (AvgIpc) is 2.97. The van der Waals surface area contributed by atoms with Crippen LogP contribution >= 0.6 is 0 Å². The van der Waals surface area contributed by atoms with Gasteiger partial charge in [0.1, 0.15) is 5.75 Å². The topological polar surface area (TPSA) is 32.7 Å². The van der Waals surface area contributed by atoms with E-state index in [1.54, 1.807) is 7.11 Å². The first kappa shape index (κ1) is 14.9. The van der Waals surface area contributed by atoms with Gasteiger partial charge in [-0.05, 0) is 60.9 Å². The van der Waals surface area contributed by atoms with Crippen molar-refractivity contribution in [3.8, 4) is 5.75 Å². The molecule has 1 fully saturated rings. The van der Waals surface area contributed by atoms with Crippen LogP contribution in [0.4, 0.5) is 0 Å². The monoisotopic (exact) mass is 289 g/mol. The first-order valence-corrected chi connectivity index (χ1v) is 8.19. The van der Waals surface area contributed by atoms with E-state index in [4.69, 9.17) is 4.74 Å². The number of aliphatic hydroxyl groups is 1. The molecule has 3 nitrogen and oxygen atoms in total. The summed E-state index contributed by atoms with van der Waals surface area (Å²) in [5, 5.41) is 10.8. The Morgan fingerprint density at radius 2 is 2.10 bits per heavy atom. The van der Waals surface area contributed by atoms with E-state index in [1.807, 2.05) is 12.1 Å². The number of aryl methyl sites for hydroxylation is 1. The predicted octanol–water partition coefficient (Wildman–Crippen LogP) is 3.02. The van der Waals surface area contributed by atoms with Crippen molar-refractivity contribution in [3.63, 3.8) is 0 Å². The molecule has 3 atom stereocenters. The Morgan fingerprint density at radius 1 is 1.29 bits per heavy atom. The van der Waals surface area contributed by atoms with Crippen LogP contribution < -0.4 is 4.74 Å². The fraction of sp³-hybridized carbons (Fsp3) is 0.667. The third-order valence-electron chi connectivity index (χ3n) is 5.41. The Balaban J connectivity index is 1.77. The normalized spacial score (nSPS) is 29.7. The van der Waals surface area contributed by atoms with Crippen LogP contribution in [-0.4, -0.2) is 36.2 Å². The summed E-state index contributed by atoms with van der Waals surface area (Å²) >= 11 is 0. The number of rotatable bonds is 3. The van der Waals surface area contributed by atoms with Gasteiger partial charge in [-0.1, -0.05) is 19.9 Å². The molecule has 0 radical (unpaired) electrons. The van der Waals surface area contributed by atoms with E-state index in [1.165, 1.54) is 12.0 Å². The number of methoxy groups -OCH3 is 1. The molecule has 21 heavy (non-hydrogen) atoms. The molecule has 3 heteroatoms. The summed E-state index contributed by atoms with van der Waals surface area (Å²) in [4.78, 5) is 2.51. The molecule has 0 amide bonds. The van der Waals surface area contributed by atoms with Gasteiger partial charge in [-0.25, -0.2) is 0 Å². The predicted molar refractivity (Wildman–Crippen MR) is 84.6 cm³/mol. The maximum atomic E-state index is 10.8. The van der Waals surface area contributed by atoms with Gasteiger partial charge < -0.3 is 9.84 Å². The Kier molecular flexibility index (Phi) is 4.23. The van der Waals surface area contributed by atoms with Crippen LogP contribution in [0.1, 0.15) is 43.9 Å². The molecule has 0 saturated carbocycles. The maximum absolute atomic E-state index is 10.8. The third-order valence-corrected chi connectivity index (χ3v) is 5.41. The van der Waals surface area contributed by atoms with Crippen LogP contribution in [0.15, 0.2) is 18.2 Å². The molecule has 1 aromatic carbocycles. The van der Waals surface area contributed by atoms with Gasteiger partial charge in [-0.2, -0.15) is 0 Å². The largest absolute Gasteiger partial charge is 0.497 e. The molecule has 0 bridgehead atoms. The van der Waals surface area contributed by atoms with Crippen molar-refractivity contribution < 1.29 is 9.84 Å². The average molecular weight is 289 g/mol. The molecule has 3 rings (SSSR count). The van der Waals surface area contributed by atoms with E-state index in [9.17, 15) is 5.11 Å². The zero-order valence-electron chi connectivity index (χ0n) is 13.4. The Hall–Kier alpha value is -1.06. The number of fused-ring (bicyclic) bond motifs is 1. The van der Waals surface area contributed by atoms with Gasteiger partial charge in [0, 0.05) is 12.6 Å². The Bertz CT molecular complexity index is 500. The van der Waals surface area contributed by atoms with E-state index < -0.39 is 0 Å². The molecule has 0 spiro atoms.